The van der Waals surface area contributed by atoms with Gasteiger partial charge in [-0.25, -0.2) is 0 Å². The lowest BCUT2D eigenvalue weighted by atomic mass is 9.86. The molecule has 1 aliphatic heterocycles. The van der Waals surface area contributed by atoms with E-state index in [1.807, 2.05) is 23.1 Å². The summed E-state index contributed by atoms with van der Waals surface area (Å²) in [5.41, 5.74) is 8.93. The van der Waals surface area contributed by atoms with Crippen molar-refractivity contribution < 1.29 is 4.79 Å². The maximum absolute atomic E-state index is 12.9. The van der Waals surface area contributed by atoms with Gasteiger partial charge in [0.2, 0.25) is 5.91 Å². The Bertz CT molecular complexity index is 503. The van der Waals surface area contributed by atoms with Crippen molar-refractivity contribution in [1.29, 1.82) is 0 Å². The molecule has 1 aliphatic carbocycles. The predicted octanol–water partition coefficient (Wildman–Crippen LogP) is 3.13. The lowest BCUT2D eigenvalue weighted by Gasteiger charge is -2.36. The zero-order chi connectivity index (χ0) is 13.5. The summed E-state index contributed by atoms with van der Waals surface area (Å²) in [7, 11) is 0. The molecule has 2 N–H and O–H groups in total. The number of nitrogens with two attached hydrogens (primary N) is 1. The highest BCUT2D eigenvalue weighted by molar-refractivity contribution is 5.99. The number of hydrogen-bond acceptors (Lipinski definition) is 2. The molecule has 1 amide bonds. The van der Waals surface area contributed by atoms with E-state index < -0.39 is 0 Å². The van der Waals surface area contributed by atoms with Gasteiger partial charge in [-0.2, -0.15) is 0 Å². The Morgan fingerprint density at radius 3 is 2.74 bits per heavy atom. The number of amides is 1. The lowest BCUT2D eigenvalue weighted by Crippen LogP contribution is -2.44. The highest BCUT2D eigenvalue weighted by Crippen LogP contribution is 2.42. The fourth-order valence-electron chi connectivity index (χ4n) is 3.56. The molecule has 1 heterocycles. The van der Waals surface area contributed by atoms with E-state index in [9.17, 15) is 4.79 Å². The minimum Gasteiger partial charge on any atom is -0.398 e. The fourth-order valence-corrected chi connectivity index (χ4v) is 3.56. The van der Waals surface area contributed by atoms with E-state index in [1.165, 1.54) is 12.8 Å². The van der Waals surface area contributed by atoms with Gasteiger partial charge in [0.25, 0.3) is 0 Å². The van der Waals surface area contributed by atoms with Gasteiger partial charge in [-0.1, -0.05) is 25.8 Å². The van der Waals surface area contributed by atoms with Crippen molar-refractivity contribution >= 4 is 17.3 Å². The molecule has 0 radical (unpaired) electrons. The maximum atomic E-state index is 12.9. The van der Waals surface area contributed by atoms with Crippen molar-refractivity contribution in [2.24, 2.45) is 5.41 Å². The van der Waals surface area contributed by atoms with E-state index >= 15 is 0 Å². The van der Waals surface area contributed by atoms with Crippen LogP contribution in [0.4, 0.5) is 11.4 Å². The molecule has 3 rings (SSSR count). The third kappa shape index (κ3) is 2.01. The Morgan fingerprint density at radius 2 is 2.00 bits per heavy atom. The number of nitrogen functional groups attached to an aromatic ring is 1. The number of rotatable bonds is 1. The molecule has 0 spiro atoms. The molecular formula is C16H22N2O. The first-order valence-electron chi connectivity index (χ1n) is 7.31. The summed E-state index contributed by atoms with van der Waals surface area (Å²) in [5.74, 6) is 0.302. The fraction of sp³-hybridized carbons (Fsp3) is 0.562. The molecule has 1 aromatic rings. The van der Waals surface area contributed by atoms with Crippen LogP contribution in [0.5, 0.6) is 0 Å². The average Bonchev–Trinajstić information content (AvgIpc) is 2.86. The molecule has 1 aromatic carbocycles. The topological polar surface area (TPSA) is 46.3 Å². The van der Waals surface area contributed by atoms with Crippen LogP contribution in [0.2, 0.25) is 0 Å². The van der Waals surface area contributed by atoms with E-state index in [4.69, 9.17) is 5.73 Å². The van der Waals surface area contributed by atoms with Gasteiger partial charge in [0.15, 0.2) is 0 Å². The van der Waals surface area contributed by atoms with Crippen LogP contribution in [-0.2, 0) is 11.2 Å². The Kier molecular flexibility index (Phi) is 3.00. The van der Waals surface area contributed by atoms with Gasteiger partial charge in [-0.05, 0) is 43.4 Å². The van der Waals surface area contributed by atoms with E-state index in [1.54, 1.807) is 0 Å². The van der Waals surface area contributed by atoms with Crippen molar-refractivity contribution in [3.8, 4) is 0 Å². The zero-order valence-electron chi connectivity index (χ0n) is 11.6. The molecule has 3 nitrogen and oxygen atoms in total. The second kappa shape index (κ2) is 4.55. The Balaban J connectivity index is 1.95. The minimum atomic E-state index is -0.154. The minimum absolute atomic E-state index is 0.154. The summed E-state index contributed by atoms with van der Waals surface area (Å²) in [6.07, 6.45) is 6.42. The molecule has 3 heteroatoms. The van der Waals surface area contributed by atoms with Crippen molar-refractivity contribution in [1.82, 2.24) is 0 Å². The molecule has 0 bridgehead atoms. The highest BCUT2D eigenvalue weighted by Gasteiger charge is 2.40. The van der Waals surface area contributed by atoms with Crippen molar-refractivity contribution in [3.05, 3.63) is 23.8 Å². The molecule has 1 saturated carbocycles. The van der Waals surface area contributed by atoms with Crippen molar-refractivity contribution in [3.63, 3.8) is 0 Å². The van der Waals surface area contributed by atoms with Crippen LogP contribution < -0.4 is 10.6 Å². The first-order valence-corrected chi connectivity index (χ1v) is 7.31. The van der Waals surface area contributed by atoms with Crippen molar-refractivity contribution in [2.75, 3.05) is 17.2 Å². The third-order valence-electron chi connectivity index (χ3n) is 4.76. The van der Waals surface area contributed by atoms with E-state index in [2.05, 4.69) is 6.92 Å². The van der Waals surface area contributed by atoms with Gasteiger partial charge in [0.05, 0.1) is 0 Å². The van der Waals surface area contributed by atoms with Gasteiger partial charge < -0.3 is 10.6 Å². The molecule has 2 aliphatic rings. The summed E-state index contributed by atoms with van der Waals surface area (Å²) >= 11 is 0. The maximum Gasteiger partial charge on any atom is 0.232 e. The smallest absolute Gasteiger partial charge is 0.232 e. The van der Waals surface area contributed by atoms with Gasteiger partial charge in [0.1, 0.15) is 0 Å². The molecule has 19 heavy (non-hydrogen) atoms. The molecule has 102 valence electrons. The largest absolute Gasteiger partial charge is 0.398 e. The monoisotopic (exact) mass is 258 g/mol. The number of benzene rings is 1. The first-order chi connectivity index (χ1) is 9.12. The van der Waals surface area contributed by atoms with Gasteiger partial charge in [-0.15, -0.1) is 0 Å². The third-order valence-corrected chi connectivity index (χ3v) is 4.76. The van der Waals surface area contributed by atoms with Crippen LogP contribution >= 0.6 is 0 Å². The number of carbonyl (C=O) groups is 1. The number of nitrogens with zero attached hydrogens (tertiary/aromatic N) is 1. The number of carbonyl (C=O) groups excluding carboxylic acids is 1. The SMILES string of the molecule is CC1(C(=O)N2CCCc3c(N)cccc32)CCCC1. The summed E-state index contributed by atoms with van der Waals surface area (Å²) < 4.78 is 0. The second-order valence-corrected chi connectivity index (χ2v) is 6.17. The lowest BCUT2D eigenvalue weighted by molar-refractivity contribution is -0.127. The standard InChI is InChI=1S/C16H22N2O/c1-16(9-2-3-10-16)15(19)18-11-5-6-12-13(17)7-4-8-14(12)18/h4,7-8H,2-3,5-6,9-11,17H2,1H3. The molecule has 1 fully saturated rings. The second-order valence-electron chi connectivity index (χ2n) is 6.17. The average molecular weight is 258 g/mol. The molecule has 0 aromatic heterocycles. The number of fused-ring (bicyclic) bond motifs is 1. The Morgan fingerprint density at radius 1 is 1.26 bits per heavy atom. The summed E-state index contributed by atoms with van der Waals surface area (Å²) in [5, 5.41) is 0. The Hall–Kier alpha value is -1.51. The quantitative estimate of drug-likeness (QED) is 0.787. The summed E-state index contributed by atoms with van der Waals surface area (Å²) in [6, 6.07) is 5.93. The van der Waals surface area contributed by atoms with Gasteiger partial charge >= 0.3 is 0 Å². The molecule has 0 atom stereocenters. The molecule has 0 saturated heterocycles. The summed E-state index contributed by atoms with van der Waals surface area (Å²) in [6.45, 7) is 2.97. The number of anilines is 2. The van der Waals surface area contributed by atoms with Crippen LogP contribution in [-0.4, -0.2) is 12.5 Å². The predicted molar refractivity (Wildman–Crippen MR) is 78.1 cm³/mol. The van der Waals surface area contributed by atoms with E-state index in [-0.39, 0.29) is 5.41 Å². The zero-order valence-corrected chi connectivity index (χ0v) is 11.6. The van der Waals surface area contributed by atoms with Crippen LogP contribution in [0, 0.1) is 5.41 Å². The highest BCUT2D eigenvalue weighted by atomic mass is 16.2. The molecular weight excluding hydrogens is 236 g/mol. The number of hydrogen-bond donors (Lipinski definition) is 1. The first kappa shape index (κ1) is 12.5. The van der Waals surface area contributed by atoms with Crippen molar-refractivity contribution in [2.45, 2.75) is 45.4 Å². The normalized spacial score (nSPS) is 21.2. The summed E-state index contributed by atoms with van der Waals surface area (Å²) in [4.78, 5) is 14.9. The van der Waals surface area contributed by atoms with Gasteiger partial charge in [0, 0.05) is 23.3 Å². The van der Waals surface area contributed by atoms with Crippen LogP contribution in [0.25, 0.3) is 0 Å². The molecule has 0 unspecified atom stereocenters. The van der Waals surface area contributed by atoms with Crippen LogP contribution in [0.15, 0.2) is 18.2 Å². The Labute approximate surface area is 114 Å². The van der Waals surface area contributed by atoms with Crippen LogP contribution in [0.3, 0.4) is 0 Å². The van der Waals surface area contributed by atoms with E-state index in [0.717, 1.165) is 49.2 Å². The van der Waals surface area contributed by atoms with E-state index in [0.29, 0.717) is 5.91 Å². The van der Waals surface area contributed by atoms with Gasteiger partial charge in [-0.3, -0.25) is 4.79 Å². The van der Waals surface area contributed by atoms with Crippen LogP contribution in [0.1, 0.15) is 44.6 Å².